The minimum atomic E-state index is 0.418. The smallest absolute Gasteiger partial charge is 0.165 e. The summed E-state index contributed by atoms with van der Waals surface area (Å²) in [7, 11) is 2.03. The Morgan fingerprint density at radius 2 is 2.25 bits per heavy atom. The molecule has 4 aromatic rings. The molecule has 1 fully saturated rings. The van der Waals surface area contributed by atoms with Gasteiger partial charge in [-0.3, -0.25) is 0 Å². The lowest BCUT2D eigenvalue weighted by atomic mass is 9.96. The molecule has 0 radical (unpaired) electrons. The first-order valence-corrected chi connectivity index (χ1v) is 10.4. The summed E-state index contributed by atoms with van der Waals surface area (Å²) in [4.78, 5) is 5.05. The average molecular weight is 394 g/mol. The SMILES string of the molecule is Cc1cc(Nc2cc(C3CCCNC3)nc3c(-c4ccn(C)c4)cnn23)sn1. The second kappa shape index (κ2) is 7.03. The Morgan fingerprint density at radius 1 is 1.32 bits per heavy atom. The lowest BCUT2D eigenvalue weighted by molar-refractivity contribution is 0.455. The molecule has 1 aliphatic heterocycles. The van der Waals surface area contributed by atoms with Gasteiger partial charge in [0, 0.05) is 49.1 Å². The fourth-order valence-electron chi connectivity index (χ4n) is 3.80. The molecule has 0 saturated carbocycles. The summed E-state index contributed by atoms with van der Waals surface area (Å²) in [5.41, 5.74) is 5.19. The summed E-state index contributed by atoms with van der Waals surface area (Å²) in [6.07, 6.45) is 8.40. The lowest BCUT2D eigenvalue weighted by Crippen LogP contribution is -2.29. The van der Waals surface area contributed by atoms with Gasteiger partial charge in [-0.15, -0.1) is 0 Å². The molecular weight excluding hydrogens is 370 g/mol. The summed E-state index contributed by atoms with van der Waals surface area (Å²) in [6.45, 7) is 4.06. The molecule has 5 rings (SSSR count). The summed E-state index contributed by atoms with van der Waals surface area (Å²) in [6, 6.07) is 6.30. The van der Waals surface area contributed by atoms with Crippen molar-refractivity contribution in [2.24, 2.45) is 7.05 Å². The molecule has 0 spiro atoms. The normalized spacial score (nSPS) is 17.3. The Bertz CT molecular complexity index is 1120. The summed E-state index contributed by atoms with van der Waals surface area (Å²) in [5.74, 6) is 1.34. The molecule has 0 aliphatic carbocycles. The van der Waals surface area contributed by atoms with E-state index in [9.17, 15) is 0 Å². The molecule has 5 heterocycles. The van der Waals surface area contributed by atoms with Gasteiger partial charge < -0.3 is 15.2 Å². The van der Waals surface area contributed by atoms with Crippen LogP contribution in [0.1, 0.15) is 30.1 Å². The van der Waals surface area contributed by atoms with Crippen LogP contribution in [0.2, 0.25) is 0 Å². The van der Waals surface area contributed by atoms with Crippen molar-refractivity contribution in [3.63, 3.8) is 0 Å². The highest BCUT2D eigenvalue weighted by Crippen LogP contribution is 2.31. The third kappa shape index (κ3) is 3.18. The molecule has 7 nitrogen and oxygen atoms in total. The molecule has 0 amide bonds. The van der Waals surface area contributed by atoms with E-state index in [1.165, 1.54) is 18.0 Å². The molecule has 1 saturated heterocycles. The van der Waals surface area contributed by atoms with Crippen LogP contribution in [0.4, 0.5) is 10.8 Å². The van der Waals surface area contributed by atoms with Gasteiger partial charge in [-0.1, -0.05) is 0 Å². The number of nitrogens with one attached hydrogen (secondary N) is 2. The zero-order valence-electron chi connectivity index (χ0n) is 16.0. The maximum absolute atomic E-state index is 5.05. The minimum Gasteiger partial charge on any atom is -0.357 e. The monoisotopic (exact) mass is 393 g/mol. The highest BCUT2D eigenvalue weighted by Gasteiger charge is 2.21. The largest absolute Gasteiger partial charge is 0.357 e. The molecular formula is C20H23N7S. The number of nitrogens with zero attached hydrogens (tertiary/aromatic N) is 5. The van der Waals surface area contributed by atoms with E-state index in [1.807, 2.05) is 35.4 Å². The quantitative estimate of drug-likeness (QED) is 0.553. The van der Waals surface area contributed by atoms with Gasteiger partial charge in [0.25, 0.3) is 0 Å². The predicted molar refractivity (Wildman–Crippen MR) is 112 cm³/mol. The zero-order chi connectivity index (χ0) is 19.1. The van der Waals surface area contributed by atoms with E-state index in [1.54, 1.807) is 0 Å². The standard InChI is InChI=1S/C20H23N7S/c1-13-8-19(28-25-13)24-18-9-17(14-4-3-6-21-10-14)23-20-16(11-22-27(18)20)15-5-7-26(2)12-15/h5,7-9,11-12,14,21,24H,3-4,6,10H2,1-2H3. The van der Waals surface area contributed by atoms with Gasteiger partial charge in [-0.2, -0.15) is 14.0 Å². The Kier molecular flexibility index (Phi) is 4.37. The van der Waals surface area contributed by atoms with Crippen LogP contribution in [-0.2, 0) is 7.05 Å². The third-order valence-corrected chi connectivity index (χ3v) is 6.02. The maximum Gasteiger partial charge on any atom is 0.165 e. The van der Waals surface area contributed by atoms with E-state index >= 15 is 0 Å². The van der Waals surface area contributed by atoms with Crippen LogP contribution in [0.15, 0.2) is 36.8 Å². The first-order chi connectivity index (χ1) is 13.7. The van der Waals surface area contributed by atoms with Gasteiger partial charge in [-0.05, 0) is 50.0 Å². The van der Waals surface area contributed by atoms with Gasteiger partial charge in [-0.25, -0.2) is 4.98 Å². The highest BCUT2D eigenvalue weighted by atomic mass is 32.1. The Labute approximate surface area is 167 Å². The van der Waals surface area contributed by atoms with Crippen molar-refractivity contribution >= 4 is 28.0 Å². The van der Waals surface area contributed by atoms with E-state index in [0.717, 1.165) is 58.5 Å². The van der Waals surface area contributed by atoms with Crippen LogP contribution in [-0.4, -0.2) is 36.6 Å². The third-order valence-electron chi connectivity index (χ3n) is 5.23. The van der Waals surface area contributed by atoms with Crippen LogP contribution < -0.4 is 10.6 Å². The van der Waals surface area contributed by atoms with E-state index < -0.39 is 0 Å². The molecule has 28 heavy (non-hydrogen) atoms. The predicted octanol–water partition coefficient (Wildman–Crippen LogP) is 3.71. The van der Waals surface area contributed by atoms with Gasteiger partial charge in [0.1, 0.15) is 10.8 Å². The molecule has 1 atom stereocenters. The van der Waals surface area contributed by atoms with Crippen LogP contribution in [0.5, 0.6) is 0 Å². The number of aromatic nitrogens is 5. The number of anilines is 2. The van der Waals surface area contributed by atoms with Crippen LogP contribution in [0, 0.1) is 6.92 Å². The number of hydrogen-bond donors (Lipinski definition) is 2. The van der Waals surface area contributed by atoms with E-state index in [-0.39, 0.29) is 0 Å². The summed E-state index contributed by atoms with van der Waals surface area (Å²) in [5, 5.41) is 12.7. The molecule has 144 valence electrons. The van der Waals surface area contributed by atoms with Crippen molar-refractivity contribution in [2.75, 3.05) is 18.4 Å². The lowest BCUT2D eigenvalue weighted by Gasteiger charge is -2.23. The second-order valence-electron chi connectivity index (χ2n) is 7.43. The first-order valence-electron chi connectivity index (χ1n) is 9.59. The average Bonchev–Trinajstić information content (AvgIpc) is 3.42. The summed E-state index contributed by atoms with van der Waals surface area (Å²) >= 11 is 1.46. The number of fused-ring (bicyclic) bond motifs is 1. The van der Waals surface area contributed by atoms with Gasteiger partial charge in [0.05, 0.1) is 17.6 Å². The maximum atomic E-state index is 5.05. The van der Waals surface area contributed by atoms with E-state index in [0.29, 0.717) is 5.92 Å². The van der Waals surface area contributed by atoms with Crippen LogP contribution in [0.25, 0.3) is 16.8 Å². The second-order valence-corrected chi connectivity index (χ2v) is 8.23. The number of hydrogen-bond acceptors (Lipinski definition) is 6. The zero-order valence-corrected chi connectivity index (χ0v) is 16.8. The van der Waals surface area contributed by atoms with Gasteiger partial charge in [0.15, 0.2) is 5.65 Å². The van der Waals surface area contributed by atoms with Gasteiger partial charge in [0.2, 0.25) is 0 Å². The minimum absolute atomic E-state index is 0.418. The highest BCUT2D eigenvalue weighted by molar-refractivity contribution is 7.10. The van der Waals surface area contributed by atoms with E-state index in [4.69, 9.17) is 4.98 Å². The molecule has 4 aromatic heterocycles. The Balaban J connectivity index is 1.64. The fourth-order valence-corrected chi connectivity index (χ4v) is 4.47. The van der Waals surface area contributed by atoms with Crippen molar-refractivity contribution in [3.8, 4) is 11.1 Å². The number of aryl methyl sites for hydroxylation is 2. The number of piperidine rings is 1. The molecule has 1 unspecified atom stereocenters. The summed E-state index contributed by atoms with van der Waals surface area (Å²) < 4.78 is 8.33. The molecule has 0 bridgehead atoms. The molecule has 2 N–H and O–H groups in total. The van der Waals surface area contributed by atoms with Crippen LogP contribution in [0.3, 0.4) is 0 Å². The van der Waals surface area contributed by atoms with E-state index in [2.05, 4.69) is 44.5 Å². The van der Waals surface area contributed by atoms with Crippen molar-refractivity contribution in [2.45, 2.75) is 25.7 Å². The Morgan fingerprint density at radius 3 is 2.96 bits per heavy atom. The van der Waals surface area contributed by atoms with Crippen molar-refractivity contribution in [3.05, 3.63) is 48.2 Å². The topological polar surface area (TPSA) is 72.1 Å². The van der Waals surface area contributed by atoms with Gasteiger partial charge >= 0.3 is 0 Å². The molecule has 0 aromatic carbocycles. The van der Waals surface area contributed by atoms with Crippen LogP contribution >= 0.6 is 11.5 Å². The van der Waals surface area contributed by atoms with Crippen molar-refractivity contribution in [1.29, 1.82) is 0 Å². The van der Waals surface area contributed by atoms with Crippen molar-refractivity contribution < 1.29 is 0 Å². The number of rotatable bonds is 4. The molecule has 8 heteroatoms. The molecule has 1 aliphatic rings. The van der Waals surface area contributed by atoms with Crippen molar-refractivity contribution in [1.82, 2.24) is 28.9 Å². The Hall–Kier alpha value is -2.71. The first kappa shape index (κ1) is 17.4. The fraction of sp³-hybridized carbons (Fsp3) is 0.350.